The van der Waals surface area contributed by atoms with E-state index in [0.29, 0.717) is 36.9 Å². The average Bonchev–Trinajstić information content (AvgIpc) is 2.61. The lowest BCUT2D eigenvalue weighted by Gasteiger charge is -2.31. The van der Waals surface area contributed by atoms with Gasteiger partial charge in [-0.1, -0.05) is 18.2 Å². The van der Waals surface area contributed by atoms with Crippen LogP contribution in [0.25, 0.3) is 0 Å². The van der Waals surface area contributed by atoms with Crippen molar-refractivity contribution in [3.05, 3.63) is 54.3 Å². The van der Waals surface area contributed by atoms with Crippen molar-refractivity contribution >= 4 is 11.6 Å². The van der Waals surface area contributed by atoms with Gasteiger partial charge < -0.3 is 19.7 Å². The van der Waals surface area contributed by atoms with Gasteiger partial charge in [-0.15, -0.1) is 0 Å². The van der Waals surface area contributed by atoms with Gasteiger partial charge in [0.15, 0.2) is 5.75 Å². The number of nitrogens with zero attached hydrogens (tertiary/aromatic N) is 1. The predicted molar refractivity (Wildman–Crippen MR) is 93.4 cm³/mol. The maximum Gasteiger partial charge on any atom is 0.242 e. The molecule has 1 unspecified atom stereocenters. The SMILES string of the molecule is CC1CN(C(=O)CNc2ccccc2Oc2cccc(F)c2)CCO1. The summed E-state index contributed by atoms with van der Waals surface area (Å²) in [6.07, 6.45) is 0.0568. The molecule has 1 aliphatic heterocycles. The van der Waals surface area contributed by atoms with Crippen LogP contribution in [-0.4, -0.2) is 43.2 Å². The molecule has 2 aromatic rings. The van der Waals surface area contributed by atoms with Crippen molar-refractivity contribution in [1.29, 1.82) is 0 Å². The summed E-state index contributed by atoms with van der Waals surface area (Å²) in [4.78, 5) is 14.1. The number of para-hydroxylation sites is 2. The first-order valence-electron chi connectivity index (χ1n) is 8.27. The van der Waals surface area contributed by atoms with Crippen molar-refractivity contribution in [3.8, 4) is 11.5 Å². The van der Waals surface area contributed by atoms with Crippen LogP contribution in [0.1, 0.15) is 6.92 Å². The highest BCUT2D eigenvalue weighted by Crippen LogP contribution is 2.29. The van der Waals surface area contributed by atoms with E-state index in [1.54, 1.807) is 23.1 Å². The van der Waals surface area contributed by atoms with Crippen molar-refractivity contribution in [2.24, 2.45) is 0 Å². The van der Waals surface area contributed by atoms with E-state index in [-0.39, 0.29) is 24.4 Å². The molecule has 1 N–H and O–H groups in total. The average molecular weight is 344 g/mol. The van der Waals surface area contributed by atoms with Crippen LogP contribution in [0, 0.1) is 5.82 Å². The smallest absolute Gasteiger partial charge is 0.242 e. The molecule has 6 heteroatoms. The van der Waals surface area contributed by atoms with E-state index in [1.807, 2.05) is 25.1 Å². The number of hydrogen-bond acceptors (Lipinski definition) is 4. The van der Waals surface area contributed by atoms with Gasteiger partial charge in [-0.05, 0) is 31.2 Å². The number of benzene rings is 2. The Morgan fingerprint density at radius 1 is 1.32 bits per heavy atom. The number of halogens is 1. The summed E-state index contributed by atoms with van der Waals surface area (Å²) in [5, 5.41) is 3.11. The van der Waals surface area contributed by atoms with E-state index >= 15 is 0 Å². The third-order valence-electron chi connectivity index (χ3n) is 3.93. The van der Waals surface area contributed by atoms with Crippen molar-refractivity contribution < 1.29 is 18.7 Å². The molecule has 1 heterocycles. The lowest BCUT2D eigenvalue weighted by atomic mass is 10.2. The Hall–Kier alpha value is -2.60. The van der Waals surface area contributed by atoms with Gasteiger partial charge in [0.25, 0.3) is 0 Å². The molecular formula is C19H21FN2O3. The fraction of sp³-hybridized carbons (Fsp3) is 0.316. The summed E-state index contributed by atoms with van der Waals surface area (Å²) in [6, 6.07) is 13.2. The van der Waals surface area contributed by atoms with Gasteiger partial charge in [0.05, 0.1) is 24.9 Å². The number of hydrogen-bond donors (Lipinski definition) is 1. The summed E-state index contributed by atoms with van der Waals surface area (Å²) < 4.78 is 24.5. The van der Waals surface area contributed by atoms with Crippen molar-refractivity contribution in [1.82, 2.24) is 4.90 Å². The van der Waals surface area contributed by atoms with Crippen LogP contribution in [0.15, 0.2) is 48.5 Å². The number of rotatable bonds is 5. The van der Waals surface area contributed by atoms with Gasteiger partial charge in [0, 0.05) is 19.2 Å². The van der Waals surface area contributed by atoms with Gasteiger partial charge in [-0.25, -0.2) is 4.39 Å². The molecule has 1 aliphatic rings. The molecule has 1 fully saturated rings. The van der Waals surface area contributed by atoms with Gasteiger partial charge in [-0.2, -0.15) is 0 Å². The Morgan fingerprint density at radius 3 is 2.96 bits per heavy atom. The second-order valence-electron chi connectivity index (χ2n) is 5.93. The van der Waals surface area contributed by atoms with Gasteiger partial charge >= 0.3 is 0 Å². The minimum Gasteiger partial charge on any atom is -0.455 e. The van der Waals surface area contributed by atoms with Crippen LogP contribution in [-0.2, 0) is 9.53 Å². The van der Waals surface area contributed by atoms with E-state index in [4.69, 9.17) is 9.47 Å². The molecule has 1 atom stereocenters. The third-order valence-corrected chi connectivity index (χ3v) is 3.93. The minimum atomic E-state index is -0.362. The Balaban J connectivity index is 1.63. The van der Waals surface area contributed by atoms with Crippen LogP contribution < -0.4 is 10.1 Å². The standard InChI is InChI=1S/C19H21FN2O3/c1-14-13-22(9-10-24-14)19(23)12-21-17-7-2-3-8-18(17)25-16-6-4-5-15(20)11-16/h2-8,11,14,21H,9-10,12-13H2,1H3. The van der Waals surface area contributed by atoms with Gasteiger partial charge in [0.1, 0.15) is 11.6 Å². The van der Waals surface area contributed by atoms with Crippen LogP contribution >= 0.6 is 0 Å². The number of anilines is 1. The lowest BCUT2D eigenvalue weighted by molar-refractivity contribution is -0.136. The second-order valence-corrected chi connectivity index (χ2v) is 5.93. The highest BCUT2D eigenvalue weighted by Gasteiger charge is 2.21. The second kappa shape index (κ2) is 7.98. The summed E-state index contributed by atoms with van der Waals surface area (Å²) in [5.41, 5.74) is 0.682. The first-order valence-corrected chi connectivity index (χ1v) is 8.27. The molecule has 3 rings (SSSR count). The predicted octanol–water partition coefficient (Wildman–Crippen LogP) is 3.28. The molecule has 1 saturated heterocycles. The molecule has 0 aromatic heterocycles. The molecule has 0 spiro atoms. The number of morpholine rings is 1. The van der Waals surface area contributed by atoms with Gasteiger partial charge in [0.2, 0.25) is 5.91 Å². The number of carbonyl (C=O) groups excluding carboxylic acids is 1. The fourth-order valence-corrected chi connectivity index (χ4v) is 2.69. The summed E-state index contributed by atoms with van der Waals surface area (Å²) in [7, 11) is 0. The highest BCUT2D eigenvalue weighted by atomic mass is 19.1. The van der Waals surface area contributed by atoms with E-state index in [1.165, 1.54) is 12.1 Å². The van der Waals surface area contributed by atoms with Gasteiger partial charge in [-0.3, -0.25) is 4.79 Å². The topological polar surface area (TPSA) is 50.8 Å². The molecule has 132 valence electrons. The quantitative estimate of drug-likeness (QED) is 0.904. The Labute approximate surface area is 146 Å². The van der Waals surface area contributed by atoms with Crippen molar-refractivity contribution in [2.45, 2.75) is 13.0 Å². The van der Waals surface area contributed by atoms with Crippen LogP contribution in [0.4, 0.5) is 10.1 Å². The third kappa shape index (κ3) is 4.70. The Kier molecular flexibility index (Phi) is 5.50. The molecule has 2 aromatic carbocycles. The van der Waals surface area contributed by atoms with Crippen molar-refractivity contribution in [2.75, 3.05) is 31.6 Å². The normalized spacial score (nSPS) is 17.2. The molecule has 0 bridgehead atoms. The molecular weight excluding hydrogens is 323 g/mol. The number of amides is 1. The zero-order valence-corrected chi connectivity index (χ0v) is 14.1. The zero-order chi connectivity index (χ0) is 17.6. The van der Waals surface area contributed by atoms with E-state index < -0.39 is 0 Å². The van der Waals surface area contributed by atoms with Crippen LogP contribution in [0.3, 0.4) is 0 Å². The Morgan fingerprint density at radius 2 is 2.16 bits per heavy atom. The van der Waals surface area contributed by atoms with E-state index in [0.717, 1.165) is 0 Å². The van der Waals surface area contributed by atoms with Crippen LogP contribution in [0.5, 0.6) is 11.5 Å². The Bertz CT molecular complexity index is 738. The highest BCUT2D eigenvalue weighted by molar-refractivity contribution is 5.81. The molecule has 5 nitrogen and oxygen atoms in total. The summed E-state index contributed by atoms with van der Waals surface area (Å²) in [6.45, 7) is 3.88. The number of carbonyl (C=O) groups is 1. The minimum absolute atomic E-state index is 0.00992. The molecule has 1 amide bonds. The monoisotopic (exact) mass is 344 g/mol. The van der Waals surface area contributed by atoms with E-state index in [2.05, 4.69) is 5.32 Å². The molecule has 0 aliphatic carbocycles. The maximum absolute atomic E-state index is 13.3. The number of nitrogens with one attached hydrogen (secondary N) is 1. The summed E-state index contributed by atoms with van der Waals surface area (Å²) >= 11 is 0. The molecule has 0 radical (unpaired) electrons. The zero-order valence-electron chi connectivity index (χ0n) is 14.1. The van der Waals surface area contributed by atoms with Crippen molar-refractivity contribution in [3.63, 3.8) is 0 Å². The molecule has 0 saturated carbocycles. The largest absolute Gasteiger partial charge is 0.455 e. The lowest BCUT2D eigenvalue weighted by Crippen LogP contribution is -2.46. The van der Waals surface area contributed by atoms with E-state index in [9.17, 15) is 9.18 Å². The summed E-state index contributed by atoms with van der Waals surface area (Å²) in [5.74, 6) is 0.592. The first kappa shape index (κ1) is 17.2. The molecule has 25 heavy (non-hydrogen) atoms. The maximum atomic E-state index is 13.3. The first-order chi connectivity index (χ1) is 12.1. The number of ether oxygens (including phenoxy) is 2. The fourth-order valence-electron chi connectivity index (χ4n) is 2.69. The van der Waals surface area contributed by atoms with Crippen LogP contribution in [0.2, 0.25) is 0 Å².